The molecule has 2 atom stereocenters. The van der Waals surface area contributed by atoms with E-state index in [-0.39, 0.29) is 74.9 Å². The second kappa shape index (κ2) is 109. The first-order valence-electron chi connectivity index (χ1n) is 52.0. The van der Waals surface area contributed by atoms with Crippen molar-refractivity contribution in [2.24, 2.45) is 11.5 Å². The van der Waals surface area contributed by atoms with E-state index in [1.54, 1.807) is 0 Å². The van der Waals surface area contributed by atoms with Crippen LogP contribution in [0.25, 0.3) is 0 Å². The van der Waals surface area contributed by atoms with E-state index in [0.29, 0.717) is 75.6 Å². The molecule has 0 aromatic heterocycles. The zero-order chi connectivity index (χ0) is 93.8. The molecule has 0 aliphatic rings. The maximum Gasteiger partial charge on any atom is 0.259 e. The highest BCUT2D eigenvalue weighted by Crippen LogP contribution is 2.49. The van der Waals surface area contributed by atoms with Gasteiger partial charge in [0, 0.05) is 101 Å². The van der Waals surface area contributed by atoms with Crippen molar-refractivity contribution < 1.29 is 43.0 Å². The molecule has 744 valence electrons. The summed E-state index contributed by atoms with van der Waals surface area (Å²) in [5.41, 5.74) is 9.91. The van der Waals surface area contributed by atoms with Gasteiger partial charge in [0.15, 0.2) is 0 Å². The van der Waals surface area contributed by atoms with Gasteiger partial charge in [-0.25, -0.2) is 9.34 Å². The lowest BCUT2D eigenvalue weighted by Gasteiger charge is -2.37. The first-order chi connectivity index (χ1) is 60.6. The van der Waals surface area contributed by atoms with Gasteiger partial charge < -0.3 is 56.5 Å². The highest BCUT2D eigenvalue weighted by Gasteiger charge is 2.31. The third kappa shape index (κ3) is 106. The largest absolute Gasteiger partial charge is 0.390 e. The number of nitrogens with zero attached hydrogens (tertiary/aromatic N) is 4. The van der Waals surface area contributed by atoms with Crippen molar-refractivity contribution >= 4 is 74.2 Å². The van der Waals surface area contributed by atoms with E-state index < -0.39 is 34.5 Å². The van der Waals surface area contributed by atoms with Crippen LogP contribution in [-0.2, 0) is 32.7 Å². The highest BCUT2D eigenvalue weighted by atomic mass is 35.7. The molecule has 0 saturated heterocycles. The predicted octanol–water partition coefficient (Wildman–Crippen LogP) is 28.7. The van der Waals surface area contributed by atoms with E-state index in [0.717, 1.165) is 51.4 Å². The standard InChI is InChI=1S/C48H95N4O4P.C39H78N2O3.C9H18ClN2OP.C3H10N2O.C2H4Cl2/c1-7-9-11-13-15-17-19-21-23-25-27-29-31-33-35-38-47(53)50-42-46(56-57(55-41-37-40-49)52(44(3)4)45(5)6)43-51-48(54)39-36-34-32-30-28-26-24-22-20-18-16-14-12-10-8-2;1-3-5-7-9-11-13-15-17-19-21-23-25-27-29-31-33-38(43)40-35-37(42)36-41-39(44)34-32-30-28-26-24-22-20-18-16-14-12-10-8-6-4-2;1-8(2)12(9(3)4)14(10)13-7-5-6-11;4-1-3(6)2-5;3-1-2-4/h44-46H,7-39,41-43H2,1-6H3,(H,50,53)(H,51,54);37,42H,3-36H2,1-2H3,(H,40,43)(H,41,44);8-9H,5,7H2,1-4H3;3,6H,1-2,4-5H2;1-2H2. The van der Waals surface area contributed by atoms with Crippen LogP contribution in [0.4, 0.5) is 0 Å². The van der Waals surface area contributed by atoms with Crippen molar-refractivity contribution in [2.45, 2.75) is 549 Å². The summed E-state index contributed by atoms with van der Waals surface area (Å²) in [7, 11) is -2.57. The Kier molecular flexibility index (Phi) is 115. The number of unbranched alkanes of at least 4 members (excludes halogenated alkanes) is 56. The summed E-state index contributed by atoms with van der Waals surface area (Å²) in [6.07, 6.45) is 79.6. The smallest absolute Gasteiger partial charge is 0.259 e. The molecule has 0 aliphatic heterocycles. The van der Waals surface area contributed by atoms with Crippen molar-refractivity contribution in [3.05, 3.63) is 0 Å². The van der Waals surface area contributed by atoms with Crippen molar-refractivity contribution in [2.75, 3.05) is 64.2 Å². The van der Waals surface area contributed by atoms with Gasteiger partial charge in [0.2, 0.25) is 31.3 Å². The minimum atomic E-state index is -1.49. The topological polar surface area (TPSA) is 291 Å². The average Bonchev–Trinajstić information content (AvgIpc) is 0.865. The fraction of sp³-hybridized carbons (Fsp3) is 0.941. The number of aliphatic hydroxyl groups is 2. The van der Waals surface area contributed by atoms with Gasteiger partial charge in [-0.15, -0.1) is 23.2 Å². The quantitative estimate of drug-likeness (QED) is 0.0160. The van der Waals surface area contributed by atoms with E-state index >= 15 is 0 Å². The van der Waals surface area contributed by atoms with Crippen LogP contribution in [0.1, 0.15) is 507 Å². The number of carbonyl (C=O) groups excluding carboxylic acids is 4. The number of carbonyl (C=O) groups is 4. The van der Waals surface area contributed by atoms with Crippen LogP contribution in [0.15, 0.2) is 0 Å². The highest BCUT2D eigenvalue weighted by molar-refractivity contribution is 7.78. The molecule has 0 heterocycles. The fourth-order valence-electron chi connectivity index (χ4n) is 14.8. The van der Waals surface area contributed by atoms with Crippen molar-refractivity contribution in [3.8, 4) is 12.1 Å². The number of hydrogen-bond donors (Lipinski definition) is 8. The number of nitriles is 2. The third-order valence-corrected chi connectivity index (χ3v) is 27.6. The third-order valence-electron chi connectivity index (χ3n) is 22.3. The van der Waals surface area contributed by atoms with Gasteiger partial charge >= 0.3 is 0 Å². The Morgan fingerprint density at radius 2 is 0.528 bits per heavy atom. The van der Waals surface area contributed by atoms with E-state index in [4.69, 9.17) is 75.1 Å². The summed E-state index contributed by atoms with van der Waals surface area (Å²) in [5.74, 6) is 1.18. The Balaban J connectivity index is -0.000000615. The number of aliphatic hydroxyl groups excluding tert-OH is 2. The number of halogens is 3. The molecule has 0 rings (SSSR count). The van der Waals surface area contributed by atoms with Crippen LogP contribution in [0.2, 0.25) is 0 Å². The van der Waals surface area contributed by atoms with Crippen LogP contribution in [0, 0.1) is 22.7 Å². The Morgan fingerprint density at radius 1 is 0.328 bits per heavy atom. The maximum atomic E-state index is 12.9. The lowest BCUT2D eigenvalue weighted by Crippen LogP contribution is -2.43. The van der Waals surface area contributed by atoms with Gasteiger partial charge in [-0.2, -0.15) is 10.5 Å². The number of amides is 4. The molecule has 0 aliphatic carbocycles. The summed E-state index contributed by atoms with van der Waals surface area (Å²) in [6.45, 7) is 28.1. The van der Waals surface area contributed by atoms with Crippen molar-refractivity contribution in [1.29, 1.82) is 10.5 Å². The summed E-state index contributed by atoms with van der Waals surface area (Å²) in [6, 6.07) is 5.24. The molecule has 0 fully saturated rings. The van der Waals surface area contributed by atoms with Gasteiger partial charge in [-0.1, -0.05) is 387 Å². The zero-order valence-corrected chi connectivity index (χ0v) is 87.6. The molecule has 0 spiro atoms. The van der Waals surface area contributed by atoms with Gasteiger partial charge in [-0.05, 0) is 92.3 Å². The molecule has 0 aromatic carbocycles. The van der Waals surface area contributed by atoms with E-state index in [1.165, 1.54) is 334 Å². The Hall–Kier alpha value is -1.77. The first-order valence-corrected chi connectivity index (χ1v) is 56.3. The molecule has 0 bridgehead atoms. The maximum absolute atomic E-state index is 12.9. The average molecular weight is 1870 g/mol. The van der Waals surface area contributed by atoms with Gasteiger partial charge in [0.25, 0.3) is 8.53 Å². The Morgan fingerprint density at radius 3 is 0.712 bits per heavy atom. The molecular weight excluding hydrogens is 1670 g/mol. The molecule has 0 aromatic rings. The SMILES string of the molecule is CC(C)N(C(C)C)P(Cl)OCCC#N.CCCCCCCCCCCCCCCCCC(=O)NCC(CNC(=O)CCCCCCCCCCCCCCCCC)OP(OCCC#N)N(C(C)C)C(C)C.CCCCCCCCCCCCCCCCCC(=O)NCC(O)CNC(=O)CCCCCCCCCCCCCCCCC.ClCCCl.NCC(O)CN. The Bertz CT molecular complexity index is 2170. The molecule has 10 N–H and O–H groups in total. The molecule has 125 heavy (non-hydrogen) atoms. The molecule has 0 radical (unpaired) electrons. The molecule has 19 nitrogen and oxygen atoms in total. The number of alkyl halides is 2. The van der Waals surface area contributed by atoms with Gasteiger partial charge in [-0.3, -0.25) is 19.2 Å². The second-order valence-corrected chi connectivity index (χ2v) is 40.2. The van der Waals surface area contributed by atoms with Crippen LogP contribution < -0.4 is 32.7 Å². The van der Waals surface area contributed by atoms with E-state index in [1.807, 2.05) is 6.07 Å². The number of rotatable bonds is 89. The zero-order valence-electron chi connectivity index (χ0n) is 83.5. The van der Waals surface area contributed by atoms with Gasteiger partial charge in [0.1, 0.15) is 6.10 Å². The number of nitrogens with one attached hydrogen (secondary N) is 4. The van der Waals surface area contributed by atoms with Crippen LogP contribution in [0.5, 0.6) is 0 Å². The van der Waals surface area contributed by atoms with E-state index in [2.05, 4.69) is 120 Å². The first kappa shape index (κ1) is 132. The summed E-state index contributed by atoms with van der Waals surface area (Å²) >= 11 is 16.2. The minimum absolute atomic E-state index is 0.00266. The minimum Gasteiger partial charge on any atom is -0.390 e. The second-order valence-electron chi connectivity index (χ2n) is 36.0. The molecular formula is C101H205Cl3N10O9P2. The van der Waals surface area contributed by atoms with Crippen molar-refractivity contribution in [1.82, 2.24) is 30.6 Å². The van der Waals surface area contributed by atoms with Crippen molar-refractivity contribution in [3.63, 3.8) is 0 Å². The van der Waals surface area contributed by atoms with Crippen LogP contribution in [-0.4, -0.2) is 150 Å². The summed E-state index contributed by atoms with van der Waals surface area (Å²) in [5, 5.41) is 47.9. The predicted molar refractivity (Wildman–Crippen MR) is 543 cm³/mol. The summed E-state index contributed by atoms with van der Waals surface area (Å²) < 4.78 is 22.4. The normalized spacial score (nSPS) is 11.8. The van der Waals surface area contributed by atoms with E-state index in [9.17, 15) is 24.3 Å². The lowest BCUT2D eigenvalue weighted by molar-refractivity contribution is -0.123. The molecule has 2 unspecified atom stereocenters. The number of hydrogen-bond acceptors (Lipinski definition) is 15. The monoisotopic (exact) mass is 1870 g/mol. The molecule has 4 amide bonds. The Labute approximate surface area is 790 Å². The lowest BCUT2D eigenvalue weighted by atomic mass is 10.0. The van der Waals surface area contributed by atoms with Crippen LogP contribution in [0.3, 0.4) is 0 Å². The number of nitrogens with two attached hydrogens (primary N) is 2. The van der Waals surface area contributed by atoms with Gasteiger partial charge in [0.05, 0.1) is 50.4 Å². The molecule has 24 heteroatoms. The fourth-order valence-corrected chi connectivity index (χ4v) is 18.9. The molecule has 0 saturated carbocycles. The van der Waals surface area contributed by atoms with Crippen LogP contribution >= 0.6 is 50.6 Å². The summed E-state index contributed by atoms with van der Waals surface area (Å²) in [4.78, 5) is 50.0.